The number of benzene rings is 1. The highest BCUT2D eigenvalue weighted by Gasteiger charge is 2.12. The first-order chi connectivity index (χ1) is 8.95. The minimum absolute atomic E-state index is 0.304. The molecule has 0 saturated carbocycles. The van der Waals surface area contributed by atoms with Crippen LogP contribution in [0.2, 0.25) is 0 Å². The van der Waals surface area contributed by atoms with Crippen molar-refractivity contribution in [1.82, 2.24) is 5.32 Å². The Bertz CT molecular complexity index is 548. The van der Waals surface area contributed by atoms with Crippen molar-refractivity contribution in [3.8, 4) is 0 Å². The third kappa shape index (κ3) is 3.48. The minimum Gasteiger partial charge on any atom is -0.466 e. The summed E-state index contributed by atoms with van der Waals surface area (Å²) in [5, 5.41) is 3.56. The zero-order valence-electron chi connectivity index (χ0n) is 12.5. The Kier molecular flexibility index (Phi) is 4.11. The van der Waals surface area contributed by atoms with Gasteiger partial charge in [-0.3, -0.25) is 0 Å². The lowest BCUT2D eigenvalue weighted by Gasteiger charge is -2.14. The molecule has 2 aromatic rings. The van der Waals surface area contributed by atoms with Gasteiger partial charge in [-0.2, -0.15) is 0 Å². The van der Waals surface area contributed by atoms with Crippen LogP contribution in [0.5, 0.6) is 0 Å². The average molecular weight is 257 g/mol. The summed E-state index contributed by atoms with van der Waals surface area (Å²) in [5.74, 6) is 1.99. The van der Waals surface area contributed by atoms with Gasteiger partial charge in [0.15, 0.2) is 0 Å². The molecule has 1 aromatic heterocycles. The molecular formula is C17H23NO. The predicted octanol–water partition coefficient (Wildman–Crippen LogP) is 4.36. The van der Waals surface area contributed by atoms with Crippen LogP contribution in [-0.2, 0) is 6.54 Å². The smallest absolute Gasteiger partial charge is 0.105 e. The van der Waals surface area contributed by atoms with Gasteiger partial charge in [0.05, 0.1) is 0 Å². The average Bonchev–Trinajstić information content (AvgIpc) is 2.64. The summed E-state index contributed by atoms with van der Waals surface area (Å²) in [5.41, 5.74) is 5.23. The molecule has 1 heterocycles. The SMILES string of the molecule is Cc1cc(C)cc(CNC(C)c2cc(C)oc2C)c1. The summed E-state index contributed by atoms with van der Waals surface area (Å²) in [4.78, 5) is 0. The van der Waals surface area contributed by atoms with Crippen molar-refractivity contribution < 1.29 is 4.42 Å². The maximum absolute atomic E-state index is 5.59. The van der Waals surface area contributed by atoms with E-state index in [-0.39, 0.29) is 0 Å². The molecule has 0 aliphatic carbocycles. The molecule has 0 bridgehead atoms. The molecule has 2 heteroatoms. The van der Waals surface area contributed by atoms with E-state index in [1.807, 2.05) is 13.8 Å². The molecule has 0 saturated heterocycles. The van der Waals surface area contributed by atoms with E-state index < -0.39 is 0 Å². The molecule has 1 unspecified atom stereocenters. The third-order valence-corrected chi connectivity index (χ3v) is 3.44. The Morgan fingerprint density at radius 1 is 1.00 bits per heavy atom. The van der Waals surface area contributed by atoms with Crippen LogP contribution in [0.1, 0.15) is 46.7 Å². The van der Waals surface area contributed by atoms with Crippen LogP contribution in [-0.4, -0.2) is 0 Å². The monoisotopic (exact) mass is 257 g/mol. The first kappa shape index (κ1) is 13.9. The summed E-state index contributed by atoms with van der Waals surface area (Å²) in [6.07, 6.45) is 0. The summed E-state index contributed by atoms with van der Waals surface area (Å²) in [6, 6.07) is 9.10. The Labute approximate surface area is 115 Å². The Hall–Kier alpha value is -1.54. The van der Waals surface area contributed by atoms with E-state index in [1.54, 1.807) is 0 Å². The summed E-state index contributed by atoms with van der Waals surface area (Å²) >= 11 is 0. The van der Waals surface area contributed by atoms with Gasteiger partial charge in [0.1, 0.15) is 11.5 Å². The molecule has 1 atom stereocenters. The van der Waals surface area contributed by atoms with Crippen LogP contribution in [0.15, 0.2) is 28.7 Å². The molecule has 0 spiro atoms. The second kappa shape index (κ2) is 5.62. The van der Waals surface area contributed by atoms with Gasteiger partial charge in [0, 0.05) is 18.2 Å². The van der Waals surface area contributed by atoms with Crippen LogP contribution < -0.4 is 5.32 Å². The van der Waals surface area contributed by atoms with Crippen LogP contribution in [0, 0.1) is 27.7 Å². The normalized spacial score (nSPS) is 12.7. The predicted molar refractivity (Wildman–Crippen MR) is 79.4 cm³/mol. The van der Waals surface area contributed by atoms with Crippen molar-refractivity contribution in [3.05, 3.63) is 58.0 Å². The molecule has 0 aliphatic rings. The number of aryl methyl sites for hydroxylation is 4. The van der Waals surface area contributed by atoms with Gasteiger partial charge in [-0.1, -0.05) is 29.3 Å². The number of rotatable bonds is 4. The van der Waals surface area contributed by atoms with Crippen molar-refractivity contribution in [2.45, 2.75) is 47.2 Å². The van der Waals surface area contributed by atoms with Crippen LogP contribution in [0.4, 0.5) is 0 Å². The Balaban J connectivity index is 2.04. The van der Waals surface area contributed by atoms with Gasteiger partial charge >= 0.3 is 0 Å². The molecule has 2 nitrogen and oxygen atoms in total. The molecule has 1 N–H and O–H groups in total. The molecule has 102 valence electrons. The van der Waals surface area contributed by atoms with Crippen LogP contribution in [0.3, 0.4) is 0 Å². The highest BCUT2D eigenvalue weighted by atomic mass is 16.3. The fourth-order valence-electron chi connectivity index (χ4n) is 2.63. The van der Waals surface area contributed by atoms with Crippen molar-refractivity contribution in [2.24, 2.45) is 0 Å². The molecule has 0 radical (unpaired) electrons. The van der Waals surface area contributed by atoms with Crippen molar-refractivity contribution in [2.75, 3.05) is 0 Å². The van der Waals surface area contributed by atoms with E-state index in [9.17, 15) is 0 Å². The number of nitrogens with one attached hydrogen (secondary N) is 1. The highest BCUT2D eigenvalue weighted by Crippen LogP contribution is 2.21. The van der Waals surface area contributed by atoms with Gasteiger partial charge in [-0.05, 0) is 46.2 Å². The quantitative estimate of drug-likeness (QED) is 0.880. The molecule has 0 fully saturated rings. The first-order valence-corrected chi connectivity index (χ1v) is 6.83. The van der Waals surface area contributed by atoms with E-state index in [4.69, 9.17) is 4.42 Å². The fraction of sp³-hybridized carbons (Fsp3) is 0.412. The second-order valence-corrected chi connectivity index (χ2v) is 5.47. The molecule has 19 heavy (non-hydrogen) atoms. The van der Waals surface area contributed by atoms with Gasteiger partial charge in [0.25, 0.3) is 0 Å². The molecular weight excluding hydrogens is 234 g/mol. The summed E-state index contributed by atoms with van der Waals surface area (Å²) in [6.45, 7) is 11.4. The summed E-state index contributed by atoms with van der Waals surface area (Å²) in [7, 11) is 0. The van der Waals surface area contributed by atoms with Crippen LogP contribution >= 0.6 is 0 Å². The lowest BCUT2D eigenvalue weighted by molar-refractivity contribution is 0.489. The van der Waals surface area contributed by atoms with E-state index in [2.05, 4.69) is 50.4 Å². The Morgan fingerprint density at radius 2 is 1.63 bits per heavy atom. The molecule has 0 amide bonds. The van der Waals surface area contributed by atoms with Crippen molar-refractivity contribution >= 4 is 0 Å². The fourth-order valence-corrected chi connectivity index (χ4v) is 2.63. The first-order valence-electron chi connectivity index (χ1n) is 6.83. The molecule has 0 aliphatic heterocycles. The second-order valence-electron chi connectivity index (χ2n) is 5.47. The topological polar surface area (TPSA) is 25.2 Å². The number of furan rings is 1. The minimum atomic E-state index is 0.304. The third-order valence-electron chi connectivity index (χ3n) is 3.44. The molecule has 2 rings (SSSR count). The molecule has 1 aromatic carbocycles. The maximum Gasteiger partial charge on any atom is 0.105 e. The van der Waals surface area contributed by atoms with Gasteiger partial charge < -0.3 is 9.73 Å². The Morgan fingerprint density at radius 3 is 2.16 bits per heavy atom. The lowest BCUT2D eigenvalue weighted by Crippen LogP contribution is -2.18. The van der Waals surface area contributed by atoms with Gasteiger partial charge in [0.2, 0.25) is 0 Å². The zero-order valence-corrected chi connectivity index (χ0v) is 12.5. The zero-order chi connectivity index (χ0) is 14.0. The van der Waals surface area contributed by atoms with E-state index >= 15 is 0 Å². The lowest BCUT2D eigenvalue weighted by atomic mass is 10.1. The highest BCUT2D eigenvalue weighted by molar-refractivity contribution is 5.29. The number of hydrogen-bond donors (Lipinski definition) is 1. The van der Waals surface area contributed by atoms with Crippen LogP contribution in [0.25, 0.3) is 0 Å². The van der Waals surface area contributed by atoms with E-state index in [1.165, 1.54) is 22.3 Å². The van der Waals surface area contributed by atoms with Gasteiger partial charge in [-0.15, -0.1) is 0 Å². The standard InChI is InChI=1S/C17H23NO/c1-11-6-12(2)8-16(7-11)10-18-14(4)17-9-13(3)19-15(17)5/h6-9,14,18H,10H2,1-5H3. The maximum atomic E-state index is 5.59. The number of hydrogen-bond acceptors (Lipinski definition) is 2. The van der Waals surface area contributed by atoms with E-state index in [0.717, 1.165) is 18.1 Å². The largest absolute Gasteiger partial charge is 0.466 e. The van der Waals surface area contributed by atoms with Crippen molar-refractivity contribution in [3.63, 3.8) is 0 Å². The summed E-state index contributed by atoms with van der Waals surface area (Å²) < 4.78 is 5.59. The van der Waals surface area contributed by atoms with Gasteiger partial charge in [-0.25, -0.2) is 0 Å². The van der Waals surface area contributed by atoms with Crippen molar-refractivity contribution in [1.29, 1.82) is 0 Å². The van der Waals surface area contributed by atoms with E-state index in [0.29, 0.717) is 6.04 Å².